The number of piperidine rings is 1. The van der Waals surface area contributed by atoms with Gasteiger partial charge in [-0.15, -0.1) is 0 Å². The summed E-state index contributed by atoms with van der Waals surface area (Å²) in [7, 11) is 0. The quantitative estimate of drug-likeness (QED) is 0.775. The number of aromatic hydroxyl groups is 1. The van der Waals surface area contributed by atoms with Crippen LogP contribution in [0.2, 0.25) is 0 Å². The average Bonchev–Trinajstić information content (AvgIpc) is 2.68. The van der Waals surface area contributed by atoms with Gasteiger partial charge in [0.15, 0.2) is 5.78 Å². The van der Waals surface area contributed by atoms with E-state index < -0.39 is 0 Å². The summed E-state index contributed by atoms with van der Waals surface area (Å²) < 4.78 is 6.04. The Kier molecular flexibility index (Phi) is 5.56. The second kappa shape index (κ2) is 8.27. The van der Waals surface area contributed by atoms with Gasteiger partial charge in [0.05, 0.1) is 17.4 Å². The van der Waals surface area contributed by atoms with Crippen molar-refractivity contribution in [1.29, 1.82) is 0 Å². The van der Waals surface area contributed by atoms with Gasteiger partial charge in [0, 0.05) is 31.0 Å². The van der Waals surface area contributed by atoms with Crippen molar-refractivity contribution in [2.24, 2.45) is 0 Å². The Bertz CT molecular complexity index is 909. The van der Waals surface area contributed by atoms with E-state index >= 15 is 0 Å². The first-order valence-electron chi connectivity index (χ1n) is 10.5. The molecule has 0 radical (unpaired) electrons. The highest BCUT2D eigenvalue weighted by atomic mass is 16.5. The fourth-order valence-corrected chi connectivity index (χ4v) is 4.44. The molecule has 0 aromatic heterocycles. The van der Waals surface area contributed by atoms with Crippen molar-refractivity contribution in [1.82, 2.24) is 0 Å². The zero-order valence-corrected chi connectivity index (χ0v) is 16.8. The molecule has 0 aliphatic carbocycles. The fourth-order valence-electron chi connectivity index (χ4n) is 4.44. The van der Waals surface area contributed by atoms with Crippen LogP contribution in [0.5, 0.6) is 11.5 Å². The Balaban J connectivity index is 1.47. The molecule has 0 saturated carbocycles. The van der Waals surface area contributed by atoms with Gasteiger partial charge in [0.2, 0.25) is 5.91 Å². The molecule has 0 bridgehead atoms. The molecule has 1 amide bonds. The van der Waals surface area contributed by atoms with E-state index in [0.29, 0.717) is 17.9 Å². The molecule has 1 N–H and O–H groups in total. The molecule has 29 heavy (non-hydrogen) atoms. The van der Waals surface area contributed by atoms with Gasteiger partial charge in [-0.3, -0.25) is 9.59 Å². The van der Waals surface area contributed by atoms with E-state index in [1.165, 1.54) is 11.6 Å². The molecule has 2 aliphatic rings. The number of Topliss-reactive ketones (excluding diaryl/α,β-unsaturated/α-hetero) is 1. The number of phenolic OH excluding ortho intramolecular Hbond substituents is 1. The highest BCUT2D eigenvalue weighted by Crippen LogP contribution is 2.42. The van der Waals surface area contributed by atoms with Crippen LogP contribution in [-0.4, -0.2) is 28.9 Å². The number of ketones is 1. The summed E-state index contributed by atoms with van der Waals surface area (Å²) in [6.45, 7) is 2.00. The normalized spacial score (nSPS) is 19.5. The molecule has 0 spiro atoms. The number of anilines is 1. The van der Waals surface area contributed by atoms with Crippen LogP contribution in [0.1, 0.15) is 61.4 Å². The summed E-state index contributed by atoms with van der Waals surface area (Å²) in [6, 6.07) is 13.5. The molecular weight excluding hydrogens is 366 g/mol. The predicted octanol–water partition coefficient (Wildman–Crippen LogP) is 4.65. The maximum atomic E-state index is 12.5. The number of rotatable bonds is 6. The molecule has 2 aliphatic heterocycles. The molecule has 5 nitrogen and oxygen atoms in total. The fraction of sp³-hybridized carbons (Fsp3) is 0.417. The van der Waals surface area contributed by atoms with Crippen molar-refractivity contribution >= 4 is 17.4 Å². The third-order valence-corrected chi connectivity index (χ3v) is 5.85. The first kappa shape index (κ1) is 19.5. The third kappa shape index (κ3) is 4.14. The number of carbonyl (C=O) groups is 2. The van der Waals surface area contributed by atoms with Crippen molar-refractivity contribution in [2.75, 3.05) is 4.90 Å². The van der Waals surface area contributed by atoms with Crippen molar-refractivity contribution < 1.29 is 19.4 Å². The summed E-state index contributed by atoms with van der Waals surface area (Å²) in [5.74, 6) is 0.314. The lowest BCUT2D eigenvalue weighted by Crippen LogP contribution is -2.48. The minimum Gasteiger partial charge on any atom is -0.507 e. The Morgan fingerprint density at radius 2 is 2.00 bits per heavy atom. The van der Waals surface area contributed by atoms with E-state index in [1.54, 1.807) is 11.0 Å². The average molecular weight is 393 g/mol. The van der Waals surface area contributed by atoms with Crippen molar-refractivity contribution in [3.63, 3.8) is 0 Å². The lowest BCUT2D eigenvalue weighted by atomic mass is 9.88. The molecule has 4 rings (SSSR count). The van der Waals surface area contributed by atoms with Crippen LogP contribution < -0.4 is 9.64 Å². The molecule has 2 heterocycles. The Hall–Kier alpha value is -2.82. The first-order chi connectivity index (χ1) is 14.0. The number of aryl methyl sites for hydroxylation is 1. The van der Waals surface area contributed by atoms with Gasteiger partial charge in [-0.05, 0) is 44.6 Å². The molecule has 2 unspecified atom stereocenters. The van der Waals surface area contributed by atoms with Crippen molar-refractivity contribution in [3.8, 4) is 11.5 Å². The number of fused-ring (bicyclic) bond motifs is 3. The molecule has 1 saturated heterocycles. The van der Waals surface area contributed by atoms with E-state index in [-0.39, 0.29) is 41.6 Å². The molecule has 2 atom stereocenters. The van der Waals surface area contributed by atoms with E-state index in [2.05, 4.69) is 12.1 Å². The van der Waals surface area contributed by atoms with Crippen LogP contribution in [-0.2, 0) is 11.2 Å². The predicted molar refractivity (Wildman–Crippen MR) is 112 cm³/mol. The van der Waals surface area contributed by atoms with Gasteiger partial charge in [-0.2, -0.15) is 0 Å². The number of hydrogen-bond donors (Lipinski definition) is 1. The topological polar surface area (TPSA) is 66.8 Å². The van der Waals surface area contributed by atoms with Gasteiger partial charge in [-0.1, -0.05) is 30.3 Å². The smallest absolute Gasteiger partial charge is 0.227 e. The largest absolute Gasteiger partial charge is 0.507 e. The summed E-state index contributed by atoms with van der Waals surface area (Å²) in [5, 5.41) is 10.5. The van der Waals surface area contributed by atoms with Gasteiger partial charge in [0.25, 0.3) is 0 Å². The summed E-state index contributed by atoms with van der Waals surface area (Å²) in [6.07, 6.45) is 5.20. The maximum absolute atomic E-state index is 12.5. The molecule has 152 valence electrons. The molecule has 2 aromatic carbocycles. The van der Waals surface area contributed by atoms with E-state index in [4.69, 9.17) is 4.74 Å². The number of nitrogens with zero attached hydrogens (tertiary/aromatic N) is 1. The minimum absolute atomic E-state index is 0.0162. The summed E-state index contributed by atoms with van der Waals surface area (Å²) in [4.78, 5) is 26.8. The number of benzene rings is 2. The van der Waals surface area contributed by atoms with E-state index in [1.807, 2.05) is 25.1 Å². The Labute approximate surface area is 171 Å². The van der Waals surface area contributed by atoms with Gasteiger partial charge >= 0.3 is 0 Å². The van der Waals surface area contributed by atoms with Crippen LogP contribution in [0.3, 0.4) is 0 Å². The minimum atomic E-state index is -0.103. The number of hydrogen-bond acceptors (Lipinski definition) is 4. The number of ether oxygens (including phenoxy) is 1. The van der Waals surface area contributed by atoms with Gasteiger partial charge in [0.1, 0.15) is 11.5 Å². The van der Waals surface area contributed by atoms with Crippen molar-refractivity contribution in [2.45, 2.75) is 64.0 Å². The van der Waals surface area contributed by atoms with E-state index in [9.17, 15) is 14.7 Å². The summed E-state index contributed by atoms with van der Waals surface area (Å²) >= 11 is 0. The number of amides is 1. The molecule has 5 heteroatoms. The van der Waals surface area contributed by atoms with Crippen LogP contribution in [0.4, 0.5) is 5.69 Å². The molecule has 1 fully saturated rings. The lowest BCUT2D eigenvalue weighted by Gasteiger charge is -2.40. The highest BCUT2D eigenvalue weighted by molar-refractivity contribution is 6.11. The van der Waals surface area contributed by atoms with Crippen LogP contribution in [0.25, 0.3) is 0 Å². The van der Waals surface area contributed by atoms with Crippen LogP contribution in [0.15, 0.2) is 42.5 Å². The zero-order valence-electron chi connectivity index (χ0n) is 16.8. The zero-order chi connectivity index (χ0) is 20.4. The summed E-state index contributed by atoms with van der Waals surface area (Å²) in [5.41, 5.74) is 2.06. The number of phenols is 1. The third-order valence-electron chi connectivity index (χ3n) is 5.85. The Morgan fingerprint density at radius 3 is 2.79 bits per heavy atom. The monoisotopic (exact) mass is 393 g/mol. The van der Waals surface area contributed by atoms with E-state index in [0.717, 1.165) is 32.1 Å². The second-order valence-corrected chi connectivity index (χ2v) is 8.08. The second-order valence-electron chi connectivity index (χ2n) is 8.08. The Morgan fingerprint density at radius 1 is 1.21 bits per heavy atom. The van der Waals surface area contributed by atoms with Crippen molar-refractivity contribution in [3.05, 3.63) is 53.6 Å². The first-order valence-corrected chi connectivity index (χ1v) is 10.5. The standard InChI is InChI=1S/C24H27NO4/c1-16(7-5-10-17-8-3-2-4-9-17)29-19-14-20-24(22(27)15-19)21(26)13-18-11-6-12-23(28)25(18)20/h2-4,8-9,14-16,18,27H,5-7,10-13H2,1H3. The lowest BCUT2D eigenvalue weighted by molar-refractivity contribution is -0.120. The number of carbonyl (C=O) groups excluding carboxylic acids is 2. The highest BCUT2D eigenvalue weighted by Gasteiger charge is 2.39. The van der Waals surface area contributed by atoms with Gasteiger partial charge in [-0.25, -0.2) is 0 Å². The SMILES string of the molecule is CC(CCCc1ccccc1)Oc1cc(O)c2c(c1)N1C(=O)CCCC1CC2=O. The van der Waals surface area contributed by atoms with Gasteiger partial charge < -0.3 is 14.7 Å². The molecular formula is C24H27NO4. The maximum Gasteiger partial charge on any atom is 0.227 e. The molecule has 2 aromatic rings. The van der Waals surface area contributed by atoms with Crippen LogP contribution >= 0.6 is 0 Å². The van der Waals surface area contributed by atoms with Crippen LogP contribution in [0, 0.1) is 0 Å².